The molecule has 0 radical (unpaired) electrons. The van der Waals surface area contributed by atoms with Crippen molar-refractivity contribution in [1.29, 1.82) is 0 Å². The van der Waals surface area contributed by atoms with Crippen molar-refractivity contribution in [2.24, 2.45) is 0 Å². The van der Waals surface area contributed by atoms with E-state index < -0.39 is 18.0 Å². The molecule has 0 saturated carbocycles. The van der Waals surface area contributed by atoms with E-state index in [1.54, 1.807) is 19.1 Å². The molecule has 1 aromatic rings. The second kappa shape index (κ2) is 5.74. The number of ether oxygens (including phenoxy) is 2. The average molecular weight is 292 g/mol. The standard InChI is InChI=1S/C14H16N2O5/c1-7-11(13(18)21-3)12(16-14(19)15-7)8-4-5-9(17)10(6-8)20-2/h4-6,12,17H,1-3H3,(H2,15,16,19)/t12-/m0/s1. The van der Waals surface area contributed by atoms with Crippen molar-refractivity contribution in [3.8, 4) is 11.5 Å². The first-order valence-corrected chi connectivity index (χ1v) is 6.21. The Morgan fingerprint density at radius 2 is 2.05 bits per heavy atom. The van der Waals surface area contributed by atoms with Gasteiger partial charge in [-0.3, -0.25) is 0 Å². The van der Waals surface area contributed by atoms with Crippen LogP contribution in [-0.2, 0) is 9.53 Å². The topological polar surface area (TPSA) is 96.9 Å². The molecule has 0 unspecified atom stereocenters. The van der Waals surface area contributed by atoms with Gasteiger partial charge in [0.15, 0.2) is 11.5 Å². The lowest BCUT2D eigenvalue weighted by atomic mass is 9.95. The number of carbonyl (C=O) groups excluding carboxylic acids is 2. The predicted octanol–water partition coefficient (Wildman–Crippen LogP) is 1.20. The minimum Gasteiger partial charge on any atom is -0.504 e. The molecular formula is C14H16N2O5. The lowest BCUT2D eigenvalue weighted by Crippen LogP contribution is -2.45. The van der Waals surface area contributed by atoms with E-state index in [9.17, 15) is 14.7 Å². The lowest BCUT2D eigenvalue weighted by Gasteiger charge is -2.28. The molecule has 7 heteroatoms. The summed E-state index contributed by atoms with van der Waals surface area (Å²) in [7, 11) is 2.69. The molecule has 1 atom stereocenters. The van der Waals surface area contributed by atoms with Gasteiger partial charge in [-0.25, -0.2) is 9.59 Å². The van der Waals surface area contributed by atoms with E-state index in [0.29, 0.717) is 16.8 Å². The van der Waals surface area contributed by atoms with Crippen molar-refractivity contribution in [3.63, 3.8) is 0 Å². The molecule has 0 aliphatic carbocycles. The van der Waals surface area contributed by atoms with Gasteiger partial charge in [0, 0.05) is 5.70 Å². The zero-order chi connectivity index (χ0) is 15.6. The molecule has 1 aromatic carbocycles. The third-order valence-electron chi connectivity index (χ3n) is 3.21. The van der Waals surface area contributed by atoms with Gasteiger partial charge in [0.05, 0.1) is 25.8 Å². The van der Waals surface area contributed by atoms with Gasteiger partial charge in [0.2, 0.25) is 0 Å². The van der Waals surface area contributed by atoms with Crippen LogP contribution in [0.15, 0.2) is 29.5 Å². The zero-order valence-electron chi connectivity index (χ0n) is 11.9. The Balaban J connectivity index is 2.51. The number of allylic oxidation sites excluding steroid dienone is 1. The van der Waals surface area contributed by atoms with E-state index in [4.69, 9.17) is 9.47 Å². The highest BCUT2D eigenvalue weighted by molar-refractivity contribution is 5.94. The van der Waals surface area contributed by atoms with Gasteiger partial charge in [0.1, 0.15) is 0 Å². The number of aromatic hydroxyl groups is 1. The lowest BCUT2D eigenvalue weighted by molar-refractivity contribution is -0.136. The number of amides is 2. The summed E-state index contributed by atoms with van der Waals surface area (Å²) >= 11 is 0. The Bertz CT molecular complexity index is 624. The number of nitrogens with one attached hydrogen (secondary N) is 2. The van der Waals surface area contributed by atoms with Crippen LogP contribution < -0.4 is 15.4 Å². The van der Waals surface area contributed by atoms with Gasteiger partial charge in [-0.2, -0.15) is 0 Å². The summed E-state index contributed by atoms with van der Waals surface area (Å²) in [6, 6.07) is 3.50. The molecule has 1 aliphatic heterocycles. The summed E-state index contributed by atoms with van der Waals surface area (Å²) in [5.74, 6) is -0.318. The number of urea groups is 1. The monoisotopic (exact) mass is 292 g/mol. The number of hydrogen-bond acceptors (Lipinski definition) is 5. The fourth-order valence-corrected chi connectivity index (χ4v) is 2.20. The quantitative estimate of drug-likeness (QED) is 0.727. The normalized spacial score (nSPS) is 17.9. The number of phenols is 1. The summed E-state index contributed by atoms with van der Waals surface area (Å²) in [6.45, 7) is 1.62. The molecule has 2 rings (SSSR count). The molecule has 1 aliphatic rings. The number of esters is 1. The summed E-state index contributed by atoms with van der Waals surface area (Å²) < 4.78 is 9.80. The third-order valence-corrected chi connectivity index (χ3v) is 3.21. The maximum Gasteiger partial charge on any atom is 0.337 e. The van der Waals surface area contributed by atoms with Crippen LogP contribution in [-0.4, -0.2) is 31.3 Å². The minimum atomic E-state index is -0.680. The van der Waals surface area contributed by atoms with Crippen molar-refractivity contribution < 1.29 is 24.2 Å². The first-order chi connectivity index (χ1) is 9.97. The Morgan fingerprint density at radius 1 is 1.33 bits per heavy atom. The van der Waals surface area contributed by atoms with Crippen LogP contribution in [0.5, 0.6) is 11.5 Å². The van der Waals surface area contributed by atoms with Gasteiger partial charge < -0.3 is 25.2 Å². The van der Waals surface area contributed by atoms with Crippen LogP contribution in [0.25, 0.3) is 0 Å². The second-order valence-electron chi connectivity index (χ2n) is 4.49. The Labute approximate surface area is 121 Å². The molecule has 3 N–H and O–H groups in total. The van der Waals surface area contributed by atoms with Crippen LogP contribution in [0.3, 0.4) is 0 Å². The fourth-order valence-electron chi connectivity index (χ4n) is 2.20. The summed E-state index contributed by atoms with van der Waals surface area (Å²) in [5, 5.41) is 14.8. The van der Waals surface area contributed by atoms with Crippen LogP contribution in [0, 0.1) is 0 Å². The van der Waals surface area contributed by atoms with E-state index in [1.165, 1.54) is 20.3 Å². The second-order valence-corrected chi connectivity index (χ2v) is 4.49. The summed E-state index contributed by atoms with van der Waals surface area (Å²) in [4.78, 5) is 23.6. The molecule has 0 bridgehead atoms. The van der Waals surface area contributed by atoms with Crippen molar-refractivity contribution >= 4 is 12.0 Å². The summed E-state index contributed by atoms with van der Waals surface area (Å²) in [5.41, 5.74) is 1.31. The number of hydrogen-bond donors (Lipinski definition) is 3. The smallest absolute Gasteiger partial charge is 0.337 e. The highest BCUT2D eigenvalue weighted by atomic mass is 16.5. The van der Waals surface area contributed by atoms with Crippen molar-refractivity contribution in [3.05, 3.63) is 35.0 Å². The van der Waals surface area contributed by atoms with Gasteiger partial charge in [-0.1, -0.05) is 6.07 Å². The van der Waals surface area contributed by atoms with Crippen LogP contribution >= 0.6 is 0 Å². The van der Waals surface area contributed by atoms with Crippen molar-refractivity contribution in [2.75, 3.05) is 14.2 Å². The molecule has 0 aromatic heterocycles. The Hall–Kier alpha value is -2.70. The third kappa shape index (κ3) is 2.76. The van der Waals surface area contributed by atoms with E-state index in [-0.39, 0.29) is 11.5 Å². The zero-order valence-corrected chi connectivity index (χ0v) is 11.9. The Kier molecular flexibility index (Phi) is 4.02. The average Bonchev–Trinajstić information content (AvgIpc) is 2.46. The largest absolute Gasteiger partial charge is 0.504 e. The van der Waals surface area contributed by atoms with E-state index in [2.05, 4.69) is 10.6 Å². The molecule has 21 heavy (non-hydrogen) atoms. The van der Waals surface area contributed by atoms with E-state index in [0.717, 1.165) is 0 Å². The minimum absolute atomic E-state index is 0.0261. The maximum absolute atomic E-state index is 11.9. The highest BCUT2D eigenvalue weighted by Gasteiger charge is 2.32. The molecular weight excluding hydrogens is 276 g/mol. The van der Waals surface area contributed by atoms with Gasteiger partial charge in [-0.05, 0) is 24.6 Å². The summed E-state index contributed by atoms with van der Waals surface area (Å²) in [6.07, 6.45) is 0. The molecule has 112 valence electrons. The van der Waals surface area contributed by atoms with Crippen LogP contribution in [0.1, 0.15) is 18.5 Å². The fraction of sp³-hybridized carbons (Fsp3) is 0.286. The number of methoxy groups -OCH3 is 2. The maximum atomic E-state index is 11.9. The van der Waals surface area contributed by atoms with E-state index in [1.807, 2.05) is 0 Å². The number of carbonyl (C=O) groups is 2. The van der Waals surface area contributed by atoms with Gasteiger partial charge in [-0.15, -0.1) is 0 Å². The molecule has 7 nitrogen and oxygen atoms in total. The first-order valence-electron chi connectivity index (χ1n) is 6.21. The number of benzene rings is 1. The predicted molar refractivity (Wildman–Crippen MR) is 73.8 cm³/mol. The SMILES string of the molecule is COC(=O)C1=C(C)NC(=O)N[C@H]1c1ccc(O)c(OC)c1. The van der Waals surface area contributed by atoms with Crippen molar-refractivity contribution in [2.45, 2.75) is 13.0 Å². The van der Waals surface area contributed by atoms with Gasteiger partial charge >= 0.3 is 12.0 Å². The van der Waals surface area contributed by atoms with Crippen molar-refractivity contribution in [1.82, 2.24) is 10.6 Å². The first kappa shape index (κ1) is 14.7. The van der Waals surface area contributed by atoms with Gasteiger partial charge in [0.25, 0.3) is 0 Å². The van der Waals surface area contributed by atoms with Crippen LogP contribution in [0.4, 0.5) is 4.79 Å². The van der Waals surface area contributed by atoms with E-state index >= 15 is 0 Å². The number of rotatable bonds is 3. The molecule has 2 amide bonds. The Morgan fingerprint density at radius 3 is 2.67 bits per heavy atom. The molecule has 0 fully saturated rings. The number of phenolic OH excluding ortho intramolecular Hbond substituents is 1. The molecule has 0 spiro atoms. The molecule has 1 heterocycles. The highest BCUT2D eigenvalue weighted by Crippen LogP contribution is 2.33. The molecule has 0 saturated heterocycles. The van der Waals surface area contributed by atoms with Crippen LogP contribution in [0.2, 0.25) is 0 Å².